The third kappa shape index (κ3) is 63.3. The molecule has 0 atom stereocenters. The van der Waals surface area contributed by atoms with Crippen LogP contribution in [0.2, 0.25) is 0 Å². The Labute approximate surface area is 755 Å². The molecule has 9 rings (SSSR count). The summed E-state index contributed by atoms with van der Waals surface area (Å²) in [5, 5.41) is 5.44. The zero-order chi connectivity index (χ0) is 95.8. The van der Waals surface area contributed by atoms with Crippen LogP contribution in [0.1, 0.15) is 168 Å². The van der Waals surface area contributed by atoms with E-state index in [-0.39, 0.29) is 115 Å². The average Bonchev–Trinajstić information content (AvgIpc) is 1.35. The molecule has 710 valence electrons. The number of pyridine rings is 3. The van der Waals surface area contributed by atoms with Gasteiger partial charge in [-0.15, -0.1) is 11.3 Å². The first kappa shape index (κ1) is 121. The molecule has 0 radical (unpaired) electrons. The number of nitrogens with zero attached hydrogens (tertiary/aromatic N) is 3. The number of alkyl halides is 2. The highest BCUT2D eigenvalue weighted by molar-refractivity contribution is 7.93. The van der Waals surface area contributed by atoms with Crippen LogP contribution in [0.5, 0.6) is 5.75 Å². The minimum Gasteiger partial charge on any atom is -0.435 e. The highest BCUT2D eigenvalue weighted by Crippen LogP contribution is 2.30. The molecule has 5 aromatic heterocycles. The van der Waals surface area contributed by atoms with Gasteiger partial charge in [0.05, 0.1) is 79.1 Å². The van der Waals surface area contributed by atoms with E-state index >= 15 is 0 Å². The van der Waals surface area contributed by atoms with Crippen LogP contribution in [0.4, 0.5) is 8.78 Å². The Balaban J connectivity index is 0. The van der Waals surface area contributed by atoms with Crippen LogP contribution < -0.4 is 4.74 Å². The van der Waals surface area contributed by atoms with Crippen molar-refractivity contribution in [2.75, 3.05) is 74.8 Å². The van der Waals surface area contributed by atoms with Gasteiger partial charge in [-0.05, 0) is 150 Å². The monoisotopic (exact) mass is 2000 g/mol. The summed E-state index contributed by atoms with van der Waals surface area (Å²) in [6.07, 6.45) is 11.6. The van der Waals surface area contributed by atoms with E-state index in [1.54, 1.807) is 173 Å². The van der Waals surface area contributed by atoms with E-state index in [1.807, 2.05) is 98.4 Å². The fourth-order valence-corrected chi connectivity index (χ4v) is 22.0. The van der Waals surface area contributed by atoms with Crippen LogP contribution in [0.3, 0.4) is 0 Å². The van der Waals surface area contributed by atoms with Crippen LogP contribution in [-0.2, 0) is 148 Å². The molecule has 0 saturated heterocycles. The number of thiophene rings is 2. The maximum Gasteiger partial charge on any atom is 0.387 e. The lowest BCUT2D eigenvalue weighted by molar-refractivity contribution is -0.0503. The molecule has 26 nitrogen and oxygen atoms in total. The number of hydrogen-bond acceptors (Lipinski definition) is 28. The normalized spacial score (nSPS) is 12.3. The van der Waals surface area contributed by atoms with Gasteiger partial charge in [-0.1, -0.05) is 175 Å². The Morgan fingerprint density at radius 2 is 0.816 bits per heavy atom. The summed E-state index contributed by atoms with van der Waals surface area (Å²) in [5.41, 5.74) is 4.17. The lowest BCUT2D eigenvalue weighted by Gasteiger charge is -2.10. The zero-order valence-corrected chi connectivity index (χ0v) is 84.7. The predicted molar refractivity (Wildman–Crippen MR) is 507 cm³/mol. The van der Waals surface area contributed by atoms with E-state index < -0.39 is 115 Å². The van der Waals surface area contributed by atoms with Gasteiger partial charge in [0.2, 0.25) is 0 Å². The second kappa shape index (κ2) is 62.0. The maximum atomic E-state index is 12.0. The molecule has 0 spiro atoms. The molecular weight excluding hydrogens is 1870 g/mol. The molecule has 0 unspecified atom stereocenters. The van der Waals surface area contributed by atoms with Gasteiger partial charge >= 0.3 is 6.61 Å². The van der Waals surface area contributed by atoms with Crippen LogP contribution in [0.25, 0.3) is 0 Å². The molecule has 125 heavy (non-hydrogen) atoms. The summed E-state index contributed by atoms with van der Waals surface area (Å²) < 4.78 is 273. The molecule has 1 aliphatic rings. The summed E-state index contributed by atoms with van der Waals surface area (Å²) >= 11 is 3.01. The van der Waals surface area contributed by atoms with Gasteiger partial charge in [-0.2, -0.15) is 20.1 Å². The first-order valence-corrected chi connectivity index (χ1v) is 61.8. The number of sulfone groups is 11. The minimum absolute atomic E-state index is 0.0317. The van der Waals surface area contributed by atoms with Crippen molar-refractivity contribution in [3.05, 3.63) is 231 Å². The van der Waals surface area contributed by atoms with Crippen LogP contribution in [0, 0.1) is 11.8 Å². The van der Waals surface area contributed by atoms with Gasteiger partial charge in [0, 0.05) is 93.2 Å². The van der Waals surface area contributed by atoms with E-state index in [1.165, 1.54) is 47.8 Å². The van der Waals surface area contributed by atoms with E-state index in [2.05, 4.69) is 19.7 Å². The number of hydrogen-bond donors (Lipinski definition) is 0. The van der Waals surface area contributed by atoms with Crippen molar-refractivity contribution in [1.29, 1.82) is 0 Å². The van der Waals surface area contributed by atoms with E-state index in [0.29, 0.717) is 45.9 Å². The van der Waals surface area contributed by atoms with Crippen molar-refractivity contribution in [2.24, 2.45) is 11.8 Å². The smallest absolute Gasteiger partial charge is 0.387 e. The number of rotatable bonds is 35. The van der Waals surface area contributed by atoms with Gasteiger partial charge in [0.1, 0.15) is 25.4 Å². The fourth-order valence-electron chi connectivity index (χ4n) is 8.95. The number of aromatic nitrogens is 3. The lowest BCUT2D eigenvalue weighted by atomic mass is 10.2. The molecule has 5 heterocycles. The first-order chi connectivity index (χ1) is 58.1. The Hall–Kier alpha value is -6.38. The van der Waals surface area contributed by atoms with Gasteiger partial charge in [0.15, 0.2) is 88.5 Å². The number of para-hydroxylation sites is 1. The fraction of sp³-hybridized carbons (Fsp3) is 0.512. The molecule has 41 heteroatoms. The third-order valence-electron chi connectivity index (χ3n) is 16.6. The molecule has 1 fully saturated rings. The molecule has 1 aliphatic carbocycles. The Morgan fingerprint density at radius 1 is 0.384 bits per heavy atom. The first-order valence-electron chi connectivity index (χ1n) is 40.2. The second-order valence-electron chi connectivity index (χ2n) is 28.2. The van der Waals surface area contributed by atoms with Gasteiger partial charge in [-0.25, -0.2) is 92.6 Å². The molecule has 1 saturated carbocycles. The van der Waals surface area contributed by atoms with E-state index in [0.717, 1.165) is 46.4 Å². The van der Waals surface area contributed by atoms with Crippen molar-refractivity contribution in [3.63, 3.8) is 0 Å². The largest absolute Gasteiger partial charge is 0.435 e. The summed E-state index contributed by atoms with van der Waals surface area (Å²) in [6, 6.07) is 41.4. The molecule has 0 bridgehead atoms. The highest BCUT2D eigenvalue weighted by atomic mass is 32.2. The number of halogens is 2. The molecular formula is C84H129F2N3O23S13. The topological polar surface area (TPSA) is 423 Å². The Kier molecular flexibility index (Phi) is 59.9. The molecule has 0 amide bonds. The van der Waals surface area contributed by atoms with Crippen LogP contribution in [-0.4, -0.2) is 194 Å². The SMILES string of the molecule is CCCS(=O)(=O)C(C)C.CCCS(=O)(=O)c1ccccc1.CCS(=O)(=O)CC(C)C.CCS(=O)(=O)CC1CC1.CCS(=O)(=O)Cc1ccccc1.CCS(=O)(=O)Cc1ccccc1OC(F)F.CCS(=O)(=O)Cc1ccccn1.CCS(=O)(=O)Cc1cccnc1.CCS(=O)(=O)Cc1cccs1.CCS(=O)(=O)Cc1ccncc1.CCS(=O)(=O)Cc1ccsc1. The van der Waals surface area contributed by atoms with E-state index in [4.69, 9.17) is 0 Å². The van der Waals surface area contributed by atoms with Crippen molar-refractivity contribution in [3.8, 4) is 5.75 Å². The summed E-state index contributed by atoms with van der Waals surface area (Å²) in [4.78, 5) is 12.9. The average molecular weight is 2000 g/mol. The lowest BCUT2D eigenvalue weighted by Crippen LogP contribution is -2.16. The molecule has 8 aromatic rings. The van der Waals surface area contributed by atoms with E-state index in [9.17, 15) is 101 Å². The van der Waals surface area contributed by atoms with Gasteiger partial charge < -0.3 is 4.74 Å². The molecule has 0 aliphatic heterocycles. The maximum absolute atomic E-state index is 12.0. The predicted octanol–water partition coefficient (Wildman–Crippen LogP) is 15.3. The molecule has 3 aromatic carbocycles. The minimum atomic E-state index is -3.26. The van der Waals surface area contributed by atoms with Crippen LogP contribution in [0.15, 0.2) is 198 Å². The third-order valence-corrected chi connectivity index (χ3v) is 38.1. The van der Waals surface area contributed by atoms with Crippen molar-refractivity contribution in [1.82, 2.24) is 15.0 Å². The van der Waals surface area contributed by atoms with Crippen molar-refractivity contribution in [2.45, 2.75) is 187 Å². The standard InChI is InChI=1S/C10H12F2O3S.2C9H12O2S.3C8H11NO2S.2C7H10O2S2.C6H12O2S.2C6H14O2S/c1-2-16(13,14)7-8-5-3-4-6-9(8)15-10(11)12;1-2-12(10,11)8-9-6-4-3-5-7-9;1-2-8-12(10,11)9-6-4-3-5-7-9;1-2-12(10,11)7-8-3-5-9-6-4-8;1-2-12(10,11)7-8-4-3-5-9-6-8;1-2-12(10,11)7-8-5-3-4-6-9-8;1-2-11(8,9)6-7-3-4-10-5-7;1-2-11(8,9)6-7-4-3-5-10-7;1-2-9(7,8)5-6-3-4-6;1-4-9(7,8)5-6(2)3;1-4-5-9(7,8)6(2)3/h3-6,10H,2,7H2,1H3;2*3-7H,2,8H2,1H3;3*3-6H,2,7H2,1H3;2*3-5H,2,6H2,1H3;6H,2-5H2,1H3;2*6H,4-5H2,1-3H3. The molecule has 0 N–H and O–H groups in total. The van der Waals surface area contributed by atoms with Crippen LogP contribution >= 0.6 is 22.7 Å². The van der Waals surface area contributed by atoms with Crippen molar-refractivity contribution < 1.29 is 106 Å². The Bertz CT molecular complexity index is 5190. The number of ether oxygens (including phenoxy) is 1. The highest BCUT2D eigenvalue weighted by Gasteiger charge is 2.27. The van der Waals surface area contributed by atoms with Gasteiger partial charge in [-0.3, -0.25) is 15.0 Å². The second-order valence-corrected chi connectivity index (χ2v) is 56.1. The number of benzene rings is 3. The summed E-state index contributed by atoms with van der Waals surface area (Å²) in [5.74, 6) is 4.26. The van der Waals surface area contributed by atoms with Gasteiger partial charge in [0.25, 0.3) is 0 Å². The quantitative estimate of drug-likeness (QED) is 0.0356. The zero-order valence-electron chi connectivity index (χ0n) is 74.0. The summed E-state index contributed by atoms with van der Waals surface area (Å²) in [7, 11) is -31.7. The van der Waals surface area contributed by atoms with Crippen molar-refractivity contribution >= 4 is 131 Å². The summed E-state index contributed by atoms with van der Waals surface area (Å²) in [6.45, 7) is 22.9. The Morgan fingerprint density at radius 3 is 1.21 bits per heavy atom.